The number of methoxy groups -OCH3 is 1. The fraction of sp³-hybridized carbons (Fsp3) is 0.111. The van der Waals surface area contributed by atoms with Gasteiger partial charge in [0.2, 0.25) is 0 Å². The summed E-state index contributed by atoms with van der Waals surface area (Å²) in [7, 11) is 1.48. The molecular weight excluding hydrogens is 372 g/mol. The molecule has 3 rings (SSSR count). The minimum absolute atomic E-state index is 0.0283. The lowest BCUT2D eigenvalue weighted by Crippen LogP contribution is -2.21. The smallest absolute Gasteiger partial charge is 0.280 e. The number of hydrogen-bond acceptors (Lipinski definition) is 4. The Bertz CT molecular complexity index is 860. The highest BCUT2D eigenvalue weighted by atomic mass is 79.9. The van der Waals surface area contributed by atoms with Crippen LogP contribution in [0.3, 0.4) is 0 Å². The van der Waals surface area contributed by atoms with Gasteiger partial charge in [0, 0.05) is 4.47 Å². The van der Waals surface area contributed by atoms with Crippen LogP contribution in [0.2, 0.25) is 0 Å². The van der Waals surface area contributed by atoms with Gasteiger partial charge in [0.25, 0.3) is 5.91 Å². The predicted octanol–water partition coefficient (Wildman–Crippen LogP) is 3.97. The molecular formula is C18H15BrN2O3. The Kier molecular flexibility index (Phi) is 4.40. The fourth-order valence-electron chi connectivity index (χ4n) is 2.42. The molecule has 0 spiro atoms. The number of benzene rings is 2. The zero-order valence-corrected chi connectivity index (χ0v) is 14.7. The summed E-state index contributed by atoms with van der Waals surface area (Å²) in [5, 5.41) is 15.5. The van der Waals surface area contributed by atoms with E-state index in [-0.39, 0.29) is 11.7 Å². The molecule has 24 heavy (non-hydrogen) atoms. The fourth-order valence-corrected chi connectivity index (χ4v) is 2.86. The number of anilines is 1. The van der Waals surface area contributed by atoms with Crippen molar-refractivity contribution in [3.63, 3.8) is 0 Å². The third-order valence-corrected chi connectivity index (χ3v) is 4.35. The molecule has 2 aromatic rings. The van der Waals surface area contributed by atoms with Crippen molar-refractivity contribution >= 4 is 39.3 Å². The number of ether oxygens (including phenoxy) is 1. The lowest BCUT2D eigenvalue weighted by Gasteiger charge is -2.11. The number of halogens is 1. The van der Waals surface area contributed by atoms with Crippen LogP contribution >= 0.6 is 15.9 Å². The number of aromatic hydroxyl groups is 1. The Morgan fingerprint density at radius 1 is 1.25 bits per heavy atom. The molecule has 0 atom stereocenters. The normalized spacial score (nSPS) is 15.8. The highest BCUT2D eigenvalue weighted by molar-refractivity contribution is 9.10. The van der Waals surface area contributed by atoms with Gasteiger partial charge in [0.1, 0.15) is 0 Å². The molecule has 1 heterocycles. The second-order valence-corrected chi connectivity index (χ2v) is 6.10. The van der Waals surface area contributed by atoms with Gasteiger partial charge in [0.05, 0.1) is 24.1 Å². The lowest BCUT2D eigenvalue weighted by molar-refractivity contribution is -0.114. The molecule has 0 unspecified atom stereocenters. The number of carbonyl (C=O) groups excluding carboxylic acids is 1. The number of nitrogens with zero attached hydrogens (tertiary/aromatic N) is 2. The quantitative estimate of drug-likeness (QED) is 0.811. The molecule has 0 radical (unpaired) electrons. The van der Waals surface area contributed by atoms with E-state index in [4.69, 9.17) is 4.74 Å². The number of phenolic OH excluding ortho intramolecular Hbond substituents is 1. The topological polar surface area (TPSA) is 62.1 Å². The average Bonchev–Trinajstić information content (AvgIpc) is 2.86. The van der Waals surface area contributed by atoms with E-state index in [2.05, 4.69) is 21.0 Å². The summed E-state index contributed by atoms with van der Waals surface area (Å²) in [5.41, 5.74) is 2.56. The Morgan fingerprint density at radius 2 is 1.96 bits per heavy atom. The highest BCUT2D eigenvalue weighted by Crippen LogP contribution is 2.34. The van der Waals surface area contributed by atoms with Gasteiger partial charge in [-0.2, -0.15) is 10.1 Å². The van der Waals surface area contributed by atoms with Gasteiger partial charge in [0.15, 0.2) is 11.5 Å². The predicted molar refractivity (Wildman–Crippen MR) is 97.4 cm³/mol. The summed E-state index contributed by atoms with van der Waals surface area (Å²) in [6.45, 7) is 1.79. The number of hydrazone groups is 1. The van der Waals surface area contributed by atoms with Crippen LogP contribution in [-0.2, 0) is 4.79 Å². The van der Waals surface area contributed by atoms with E-state index in [0.29, 0.717) is 27.2 Å². The van der Waals surface area contributed by atoms with Crippen LogP contribution in [0.4, 0.5) is 5.69 Å². The Labute approximate surface area is 148 Å². The monoisotopic (exact) mass is 386 g/mol. The molecule has 0 saturated heterocycles. The average molecular weight is 387 g/mol. The van der Waals surface area contributed by atoms with Crippen LogP contribution in [-0.4, -0.2) is 23.8 Å². The Hall–Kier alpha value is -2.60. The molecule has 0 saturated carbocycles. The summed E-state index contributed by atoms with van der Waals surface area (Å²) < 4.78 is 5.78. The van der Waals surface area contributed by atoms with Crippen molar-refractivity contribution in [2.24, 2.45) is 5.10 Å². The zero-order chi connectivity index (χ0) is 17.3. The van der Waals surface area contributed by atoms with Crippen molar-refractivity contribution in [2.75, 3.05) is 12.1 Å². The van der Waals surface area contributed by atoms with Crippen LogP contribution < -0.4 is 9.75 Å². The van der Waals surface area contributed by atoms with Gasteiger partial charge in [-0.3, -0.25) is 4.79 Å². The molecule has 0 aromatic heterocycles. The molecule has 1 aliphatic heterocycles. The van der Waals surface area contributed by atoms with Gasteiger partial charge in [-0.1, -0.05) is 34.1 Å². The van der Waals surface area contributed by atoms with E-state index in [0.717, 1.165) is 5.56 Å². The van der Waals surface area contributed by atoms with E-state index >= 15 is 0 Å². The van der Waals surface area contributed by atoms with Crippen molar-refractivity contribution in [1.29, 1.82) is 0 Å². The van der Waals surface area contributed by atoms with Crippen LogP contribution in [0.25, 0.3) is 6.08 Å². The molecule has 1 amide bonds. The molecule has 0 fully saturated rings. The van der Waals surface area contributed by atoms with Gasteiger partial charge >= 0.3 is 0 Å². The first-order chi connectivity index (χ1) is 11.5. The van der Waals surface area contributed by atoms with Crippen LogP contribution in [0.15, 0.2) is 57.6 Å². The maximum Gasteiger partial charge on any atom is 0.280 e. The van der Waals surface area contributed by atoms with Gasteiger partial charge in [-0.25, -0.2) is 0 Å². The highest BCUT2D eigenvalue weighted by Gasteiger charge is 2.28. The van der Waals surface area contributed by atoms with Crippen molar-refractivity contribution < 1.29 is 14.6 Å². The van der Waals surface area contributed by atoms with E-state index in [1.165, 1.54) is 18.2 Å². The van der Waals surface area contributed by atoms with Crippen LogP contribution in [0, 0.1) is 0 Å². The number of amides is 1. The first kappa shape index (κ1) is 16.3. The zero-order valence-electron chi connectivity index (χ0n) is 13.2. The number of hydrogen-bond donors (Lipinski definition) is 1. The molecule has 1 N–H and O–H groups in total. The van der Waals surface area contributed by atoms with Gasteiger partial charge < -0.3 is 9.84 Å². The van der Waals surface area contributed by atoms with E-state index in [1.807, 2.05) is 30.3 Å². The standard InChI is InChI=1S/C18H15BrN2O3/c1-11-14(8-12-9-17(24-2)16(22)10-15(12)19)18(23)21(20-11)13-6-4-3-5-7-13/h3-10,22H,1-2H3. The lowest BCUT2D eigenvalue weighted by atomic mass is 10.1. The first-order valence-corrected chi connectivity index (χ1v) is 8.04. The Balaban J connectivity index is 2.00. The Morgan fingerprint density at radius 3 is 2.62 bits per heavy atom. The van der Waals surface area contributed by atoms with E-state index in [9.17, 15) is 9.90 Å². The van der Waals surface area contributed by atoms with Crippen LogP contribution in [0.1, 0.15) is 12.5 Å². The van der Waals surface area contributed by atoms with Gasteiger partial charge in [-0.15, -0.1) is 0 Å². The molecule has 1 aliphatic rings. The third kappa shape index (κ3) is 2.92. The summed E-state index contributed by atoms with van der Waals surface area (Å²) >= 11 is 3.39. The third-order valence-electron chi connectivity index (χ3n) is 3.66. The molecule has 0 bridgehead atoms. The number of carbonyl (C=O) groups is 1. The number of rotatable bonds is 3. The summed E-state index contributed by atoms with van der Waals surface area (Å²) in [6.07, 6.45) is 1.73. The van der Waals surface area contributed by atoms with Crippen molar-refractivity contribution in [1.82, 2.24) is 0 Å². The molecule has 2 aromatic carbocycles. The number of para-hydroxylation sites is 1. The van der Waals surface area contributed by atoms with Crippen molar-refractivity contribution in [2.45, 2.75) is 6.92 Å². The second-order valence-electron chi connectivity index (χ2n) is 5.24. The minimum atomic E-state index is -0.197. The van der Waals surface area contributed by atoms with Crippen molar-refractivity contribution in [3.05, 3.63) is 58.1 Å². The largest absolute Gasteiger partial charge is 0.504 e. The molecule has 0 aliphatic carbocycles. The molecule has 6 heteroatoms. The summed E-state index contributed by atoms with van der Waals surface area (Å²) in [6, 6.07) is 12.5. The number of phenols is 1. The maximum absolute atomic E-state index is 12.7. The molecule has 5 nitrogen and oxygen atoms in total. The van der Waals surface area contributed by atoms with Crippen molar-refractivity contribution in [3.8, 4) is 11.5 Å². The maximum atomic E-state index is 12.7. The second kappa shape index (κ2) is 6.49. The van der Waals surface area contributed by atoms with E-state index in [1.54, 1.807) is 19.1 Å². The summed E-state index contributed by atoms with van der Waals surface area (Å²) in [4.78, 5) is 12.7. The SMILES string of the molecule is COc1cc(C=C2C(=O)N(c3ccccc3)N=C2C)c(Br)cc1O. The van der Waals surface area contributed by atoms with Gasteiger partial charge in [-0.05, 0) is 42.8 Å². The summed E-state index contributed by atoms with van der Waals surface area (Å²) in [5.74, 6) is 0.170. The molecule has 122 valence electrons. The minimum Gasteiger partial charge on any atom is -0.504 e. The van der Waals surface area contributed by atoms with Crippen LogP contribution in [0.5, 0.6) is 11.5 Å². The first-order valence-electron chi connectivity index (χ1n) is 7.24. The van der Waals surface area contributed by atoms with E-state index < -0.39 is 0 Å².